The molecule has 2 N–H and O–H groups in total. The third kappa shape index (κ3) is 4.20. The number of rotatable bonds is 6. The van der Waals surface area contributed by atoms with E-state index in [1.54, 1.807) is 26.0 Å². The Kier molecular flexibility index (Phi) is 5.69. The zero-order chi connectivity index (χ0) is 23.2. The molecule has 0 spiro atoms. The van der Waals surface area contributed by atoms with E-state index in [-0.39, 0.29) is 36.3 Å². The second-order valence-electron chi connectivity index (χ2n) is 8.21. The van der Waals surface area contributed by atoms with Gasteiger partial charge in [0.2, 0.25) is 17.7 Å². The van der Waals surface area contributed by atoms with E-state index in [4.69, 9.17) is 9.26 Å². The summed E-state index contributed by atoms with van der Waals surface area (Å²) in [6.07, 6.45) is -3.25. The highest BCUT2D eigenvalue weighted by molar-refractivity contribution is 6.03. The number of amides is 1. The first-order chi connectivity index (χ1) is 15.1. The summed E-state index contributed by atoms with van der Waals surface area (Å²) in [4.78, 5) is 26.7. The average molecular weight is 455 g/mol. The largest absolute Gasteiger partial charge is 0.455 e. The molecule has 0 saturated heterocycles. The Hall–Kier alpha value is -2.96. The molecule has 1 saturated carbocycles. The molecule has 0 radical (unpaired) electrons. The first-order valence-electron chi connectivity index (χ1n) is 10.2. The Balaban J connectivity index is 1.39. The molecule has 1 amide bonds. The van der Waals surface area contributed by atoms with Gasteiger partial charge < -0.3 is 24.8 Å². The van der Waals surface area contributed by atoms with Crippen LogP contribution in [0, 0.1) is 12.8 Å². The molecule has 32 heavy (non-hydrogen) atoms. The number of carbonyl (C=O) groups is 1. The number of hydrogen-bond donors (Lipinski definition) is 2. The smallest absolute Gasteiger partial charge is 0.379 e. The van der Waals surface area contributed by atoms with Crippen LogP contribution in [0.15, 0.2) is 4.52 Å². The van der Waals surface area contributed by atoms with Crippen LogP contribution in [0.4, 0.5) is 30.6 Å². The minimum Gasteiger partial charge on any atom is -0.379 e. The lowest BCUT2D eigenvalue weighted by atomic mass is 9.78. The highest BCUT2D eigenvalue weighted by Crippen LogP contribution is 2.36. The fraction of sp³-hybridized carbons (Fsp3) is 0.632. The summed E-state index contributed by atoms with van der Waals surface area (Å²) in [6, 6.07) is -0.460. The number of nitrogens with one attached hydrogen (secondary N) is 2. The molecule has 1 fully saturated rings. The minimum absolute atomic E-state index is 0.0164. The van der Waals surface area contributed by atoms with Crippen LogP contribution in [-0.4, -0.2) is 58.4 Å². The van der Waals surface area contributed by atoms with E-state index in [1.807, 2.05) is 6.92 Å². The SMILES string of the molecule is CO[C@H](C)C1C(=O)Nc2c(C)nc(NC3CC(Cc4nc(C(F)(F)F)no4)C3)nc2N1C. The first-order valence-corrected chi connectivity index (χ1v) is 10.2. The third-order valence-corrected chi connectivity index (χ3v) is 5.91. The van der Waals surface area contributed by atoms with Crippen molar-refractivity contribution in [3.63, 3.8) is 0 Å². The van der Waals surface area contributed by atoms with Crippen molar-refractivity contribution in [2.45, 2.75) is 57.5 Å². The van der Waals surface area contributed by atoms with Crippen molar-refractivity contribution in [1.29, 1.82) is 0 Å². The first kappa shape index (κ1) is 22.2. The number of alkyl halides is 3. The van der Waals surface area contributed by atoms with E-state index in [0.717, 1.165) is 0 Å². The molecule has 2 aromatic heterocycles. The van der Waals surface area contributed by atoms with Crippen LogP contribution in [0.25, 0.3) is 0 Å². The molecule has 10 nitrogen and oxygen atoms in total. The van der Waals surface area contributed by atoms with Crippen LogP contribution < -0.4 is 15.5 Å². The normalized spacial score (nSPS) is 23.9. The lowest BCUT2D eigenvalue weighted by Gasteiger charge is -2.38. The van der Waals surface area contributed by atoms with Gasteiger partial charge in [0, 0.05) is 26.6 Å². The second kappa shape index (κ2) is 8.19. The number of ether oxygens (including phenoxy) is 1. The number of halogens is 3. The number of anilines is 3. The summed E-state index contributed by atoms with van der Waals surface area (Å²) in [6.45, 7) is 3.60. The zero-order valence-electron chi connectivity index (χ0n) is 18.0. The van der Waals surface area contributed by atoms with Gasteiger partial charge in [0.1, 0.15) is 11.7 Å². The van der Waals surface area contributed by atoms with Crippen molar-refractivity contribution in [1.82, 2.24) is 20.1 Å². The van der Waals surface area contributed by atoms with Gasteiger partial charge >= 0.3 is 6.18 Å². The number of methoxy groups -OCH3 is 1. The lowest BCUT2D eigenvalue weighted by molar-refractivity contribution is -0.146. The van der Waals surface area contributed by atoms with Crippen molar-refractivity contribution >= 4 is 23.4 Å². The van der Waals surface area contributed by atoms with Crippen molar-refractivity contribution in [3.8, 4) is 0 Å². The quantitative estimate of drug-likeness (QED) is 0.677. The Morgan fingerprint density at radius 2 is 2.03 bits per heavy atom. The molecule has 1 aliphatic heterocycles. The molecular weight excluding hydrogens is 431 g/mol. The number of hydrogen-bond acceptors (Lipinski definition) is 9. The summed E-state index contributed by atoms with van der Waals surface area (Å²) < 4.78 is 47.8. The molecule has 1 unspecified atom stereocenters. The van der Waals surface area contributed by atoms with Crippen LogP contribution in [-0.2, 0) is 22.1 Å². The molecule has 2 atom stereocenters. The van der Waals surface area contributed by atoms with Gasteiger partial charge in [-0.15, -0.1) is 0 Å². The predicted octanol–water partition coefficient (Wildman–Crippen LogP) is 2.41. The van der Waals surface area contributed by atoms with Gasteiger partial charge in [-0.25, -0.2) is 4.98 Å². The topological polar surface area (TPSA) is 118 Å². The monoisotopic (exact) mass is 455 g/mol. The molecular formula is C19H24F3N7O3. The van der Waals surface area contributed by atoms with E-state index in [2.05, 4.69) is 30.7 Å². The Morgan fingerprint density at radius 1 is 1.31 bits per heavy atom. The maximum Gasteiger partial charge on any atom is 0.455 e. The highest BCUT2D eigenvalue weighted by Gasteiger charge is 2.39. The minimum atomic E-state index is -4.61. The molecule has 2 aliphatic rings. The van der Waals surface area contributed by atoms with Gasteiger partial charge in [0.05, 0.1) is 11.8 Å². The number of likely N-dealkylation sites (N-methyl/N-ethyl adjacent to an activating group) is 1. The van der Waals surface area contributed by atoms with Crippen molar-refractivity contribution in [2.24, 2.45) is 5.92 Å². The van der Waals surface area contributed by atoms with Crippen molar-refractivity contribution in [2.75, 3.05) is 29.7 Å². The standard InChI is InChI=1S/C19H24F3N7O3/c1-8-13-15(29(3)14(9(2)31-4)16(30)26-13)27-18(23-8)24-11-5-10(6-11)7-12-25-17(28-32-12)19(20,21)22/h9-11,14H,5-7H2,1-4H3,(H,26,30)(H,23,24,27)/t9-,10?,11?,14?/m1/s1. The molecule has 4 rings (SSSR count). The summed E-state index contributed by atoms with van der Waals surface area (Å²) in [5.41, 5.74) is 1.19. The van der Waals surface area contributed by atoms with Crippen molar-refractivity contribution < 1.29 is 27.2 Å². The van der Waals surface area contributed by atoms with Crippen LogP contribution in [0.1, 0.15) is 37.2 Å². The lowest BCUT2D eigenvalue weighted by Crippen LogP contribution is -2.53. The van der Waals surface area contributed by atoms with Gasteiger partial charge in [-0.05, 0) is 32.6 Å². The Labute approximate surface area is 181 Å². The summed E-state index contributed by atoms with van der Waals surface area (Å²) in [5, 5.41) is 9.11. The van der Waals surface area contributed by atoms with Gasteiger partial charge in [-0.3, -0.25) is 4.79 Å². The number of aromatic nitrogens is 4. The third-order valence-electron chi connectivity index (χ3n) is 5.91. The summed E-state index contributed by atoms with van der Waals surface area (Å²) in [5.74, 6) is -0.308. The van der Waals surface area contributed by atoms with Crippen LogP contribution >= 0.6 is 0 Å². The van der Waals surface area contributed by atoms with Crippen molar-refractivity contribution in [3.05, 3.63) is 17.4 Å². The van der Waals surface area contributed by atoms with E-state index < -0.39 is 18.0 Å². The molecule has 0 bridgehead atoms. The molecule has 3 heterocycles. The van der Waals surface area contributed by atoms with Crippen LogP contribution in [0.2, 0.25) is 0 Å². The predicted molar refractivity (Wildman–Crippen MR) is 107 cm³/mol. The molecule has 13 heteroatoms. The van der Waals surface area contributed by atoms with Gasteiger partial charge in [0.15, 0.2) is 5.82 Å². The van der Waals surface area contributed by atoms with Gasteiger partial charge in [0.25, 0.3) is 5.82 Å². The maximum atomic E-state index is 12.6. The summed E-state index contributed by atoms with van der Waals surface area (Å²) in [7, 11) is 3.33. The Bertz CT molecular complexity index is 1010. The number of carbonyl (C=O) groups excluding carboxylic acids is 1. The number of aryl methyl sites for hydroxylation is 1. The zero-order valence-corrected chi connectivity index (χ0v) is 18.0. The van der Waals surface area contributed by atoms with Gasteiger partial charge in [-0.1, -0.05) is 5.16 Å². The number of fused-ring (bicyclic) bond motifs is 1. The van der Waals surface area contributed by atoms with Crippen LogP contribution in [0.5, 0.6) is 0 Å². The van der Waals surface area contributed by atoms with E-state index in [1.165, 1.54) is 0 Å². The highest BCUT2D eigenvalue weighted by atomic mass is 19.4. The van der Waals surface area contributed by atoms with E-state index in [9.17, 15) is 18.0 Å². The fourth-order valence-electron chi connectivity index (χ4n) is 4.09. The average Bonchev–Trinajstić information content (AvgIpc) is 3.16. The molecule has 2 aromatic rings. The second-order valence-corrected chi connectivity index (χ2v) is 8.21. The molecule has 1 aliphatic carbocycles. The number of nitrogens with zero attached hydrogens (tertiary/aromatic N) is 5. The van der Waals surface area contributed by atoms with Crippen LogP contribution in [0.3, 0.4) is 0 Å². The van der Waals surface area contributed by atoms with E-state index in [0.29, 0.717) is 36.0 Å². The van der Waals surface area contributed by atoms with Gasteiger partial charge in [-0.2, -0.15) is 23.1 Å². The summed E-state index contributed by atoms with van der Waals surface area (Å²) >= 11 is 0. The molecule has 0 aromatic carbocycles. The fourth-order valence-corrected chi connectivity index (χ4v) is 4.09. The molecule has 174 valence electrons. The van der Waals surface area contributed by atoms with E-state index >= 15 is 0 Å². The maximum absolute atomic E-state index is 12.6. The Morgan fingerprint density at radius 3 is 2.66 bits per heavy atom.